The second-order valence-electron chi connectivity index (χ2n) is 5.30. The van der Waals surface area contributed by atoms with Crippen molar-refractivity contribution in [2.45, 2.75) is 19.8 Å². The summed E-state index contributed by atoms with van der Waals surface area (Å²) >= 11 is 0. The average molecular weight is 273 g/mol. The molecule has 1 amide bonds. The van der Waals surface area contributed by atoms with E-state index in [4.69, 9.17) is 5.11 Å². The molecule has 1 atom stereocenters. The number of carboxylic acid groups (broad SMARTS) is 1. The van der Waals surface area contributed by atoms with Crippen LogP contribution >= 0.6 is 0 Å². The SMILES string of the molecule is CC1CCCN(C(=O)c2cccc(C=CC(=O)O)c2)C1. The van der Waals surface area contributed by atoms with Crippen LogP contribution in [-0.2, 0) is 4.79 Å². The summed E-state index contributed by atoms with van der Waals surface area (Å²) in [6, 6.07) is 7.08. The minimum Gasteiger partial charge on any atom is -0.478 e. The molecular weight excluding hydrogens is 254 g/mol. The number of carboxylic acids is 1. The van der Waals surface area contributed by atoms with Gasteiger partial charge >= 0.3 is 5.97 Å². The monoisotopic (exact) mass is 273 g/mol. The summed E-state index contributed by atoms with van der Waals surface area (Å²) in [6.45, 7) is 3.76. The maximum Gasteiger partial charge on any atom is 0.328 e. The lowest BCUT2D eigenvalue weighted by molar-refractivity contribution is -0.131. The molecule has 106 valence electrons. The third kappa shape index (κ3) is 3.70. The Morgan fingerprint density at radius 1 is 1.40 bits per heavy atom. The van der Waals surface area contributed by atoms with Crippen LogP contribution in [0.25, 0.3) is 6.08 Å². The summed E-state index contributed by atoms with van der Waals surface area (Å²) in [5.41, 5.74) is 1.34. The summed E-state index contributed by atoms with van der Waals surface area (Å²) in [4.78, 5) is 24.8. The van der Waals surface area contributed by atoms with Crippen LogP contribution < -0.4 is 0 Å². The van der Waals surface area contributed by atoms with Crippen molar-refractivity contribution >= 4 is 18.0 Å². The average Bonchev–Trinajstić information content (AvgIpc) is 2.44. The highest BCUT2D eigenvalue weighted by molar-refractivity contribution is 5.95. The predicted octanol–water partition coefficient (Wildman–Crippen LogP) is 2.66. The molecule has 0 aromatic heterocycles. The lowest BCUT2D eigenvalue weighted by atomic mass is 9.99. The number of carbonyl (C=O) groups is 2. The van der Waals surface area contributed by atoms with Gasteiger partial charge in [-0.15, -0.1) is 0 Å². The maximum absolute atomic E-state index is 12.4. The molecule has 1 heterocycles. The van der Waals surface area contributed by atoms with Gasteiger partial charge in [-0.1, -0.05) is 19.1 Å². The van der Waals surface area contributed by atoms with Gasteiger partial charge in [-0.3, -0.25) is 4.79 Å². The molecule has 1 N–H and O–H groups in total. The molecule has 4 heteroatoms. The van der Waals surface area contributed by atoms with Gasteiger partial charge in [0.2, 0.25) is 0 Å². The van der Waals surface area contributed by atoms with Crippen LogP contribution in [0.15, 0.2) is 30.3 Å². The fourth-order valence-corrected chi connectivity index (χ4v) is 2.50. The van der Waals surface area contributed by atoms with E-state index in [0.717, 1.165) is 31.1 Å². The molecule has 1 aliphatic heterocycles. The number of nitrogens with zero attached hydrogens (tertiary/aromatic N) is 1. The van der Waals surface area contributed by atoms with E-state index in [-0.39, 0.29) is 5.91 Å². The first kappa shape index (κ1) is 14.3. The number of rotatable bonds is 3. The molecule has 0 radical (unpaired) electrons. The number of carbonyl (C=O) groups excluding carboxylic acids is 1. The Morgan fingerprint density at radius 2 is 2.20 bits per heavy atom. The van der Waals surface area contributed by atoms with Crippen LogP contribution in [0.4, 0.5) is 0 Å². The van der Waals surface area contributed by atoms with Crippen molar-refractivity contribution in [3.05, 3.63) is 41.5 Å². The lowest BCUT2D eigenvalue weighted by Crippen LogP contribution is -2.39. The highest BCUT2D eigenvalue weighted by Gasteiger charge is 2.21. The van der Waals surface area contributed by atoms with Crippen LogP contribution in [0.5, 0.6) is 0 Å². The molecule has 0 spiro atoms. The number of hydrogen-bond donors (Lipinski definition) is 1. The molecule has 1 unspecified atom stereocenters. The van der Waals surface area contributed by atoms with Gasteiger partial charge in [0.1, 0.15) is 0 Å². The Balaban J connectivity index is 2.13. The number of benzene rings is 1. The molecular formula is C16H19NO3. The molecule has 1 aromatic rings. The first-order valence-electron chi connectivity index (χ1n) is 6.86. The van der Waals surface area contributed by atoms with Crippen molar-refractivity contribution in [2.24, 2.45) is 5.92 Å². The lowest BCUT2D eigenvalue weighted by Gasteiger charge is -2.31. The third-order valence-corrected chi connectivity index (χ3v) is 3.50. The van der Waals surface area contributed by atoms with Gasteiger partial charge in [-0.05, 0) is 42.5 Å². The Hall–Kier alpha value is -2.10. The van der Waals surface area contributed by atoms with Gasteiger partial charge in [-0.2, -0.15) is 0 Å². The van der Waals surface area contributed by atoms with Gasteiger partial charge in [0.25, 0.3) is 5.91 Å². The molecule has 1 aromatic carbocycles. The predicted molar refractivity (Wildman–Crippen MR) is 77.4 cm³/mol. The molecule has 1 fully saturated rings. The molecule has 4 nitrogen and oxygen atoms in total. The van der Waals surface area contributed by atoms with Gasteiger partial charge in [-0.25, -0.2) is 4.79 Å². The van der Waals surface area contributed by atoms with Crippen LogP contribution in [0, 0.1) is 5.92 Å². The second kappa shape index (κ2) is 6.37. The quantitative estimate of drug-likeness (QED) is 0.861. The fourth-order valence-electron chi connectivity index (χ4n) is 2.50. The van der Waals surface area contributed by atoms with E-state index in [0.29, 0.717) is 11.5 Å². The molecule has 0 aliphatic carbocycles. The Morgan fingerprint density at radius 3 is 2.90 bits per heavy atom. The molecule has 0 bridgehead atoms. The zero-order valence-corrected chi connectivity index (χ0v) is 11.6. The highest BCUT2D eigenvalue weighted by Crippen LogP contribution is 2.18. The van der Waals surface area contributed by atoms with Crippen molar-refractivity contribution in [3.8, 4) is 0 Å². The number of piperidine rings is 1. The van der Waals surface area contributed by atoms with E-state index in [1.54, 1.807) is 24.3 Å². The van der Waals surface area contributed by atoms with Gasteiger partial charge in [0.15, 0.2) is 0 Å². The minimum absolute atomic E-state index is 0.0297. The summed E-state index contributed by atoms with van der Waals surface area (Å²) in [5.74, 6) is -0.420. The molecule has 1 saturated heterocycles. The summed E-state index contributed by atoms with van der Waals surface area (Å²) in [6.07, 6.45) is 4.79. The summed E-state index contributed by atoms with van der Waals surface area (Å²) < 4.78 is 0. The van der Waals surface area contributed by atoms with E-state index in [9.17, 15) is 9.59 Å². The van der Waals surface area contributed by atoms with E-state index >= 15 is 0 Å². The van der Waals surface area contributed by atoms with Crippen molar-refractivity contribution in [1.82, 2.24) is 4.90 Å². The van der Waals surface area contributed by atoms with Gasteiger partial charge in [0.05, 0.1) is 0 Å². The first-order chi connectivity index (χ1) is 9.56. The van der Waals surface area contributed by atoms with E-state index in [2.05, 4.69) is 6.92 Å². The summed E-state index contributed by atoms with van der Waals surface area (Å²) in [5, 5.41) is 8.62. The molecule has 20 heavy (non-hydrogen) atoms. The van der Waals surface area contributed by atoms with Crippen LogP contribution in [-0.4, -0.2) is 35.0 Å². The number of likely N-dealkylation sites (tertiary alicyclic amines) is 1. The van der Waals surface area contributed by atoms with Crippen LogP contribution in [0.1, 0.15) is 35.7 Å². The van der Waals surface area contributed by atoms with Crippen molar-refractivity contribution in [3.63, 3.8) is 0 Å². The van der Waals surface area contributed by atoms with E-state index in [1.165, 1.54) is 12.5 Å². The van der Waals surface area contributed by atoms with Crippen LogP contribution in [0.2, 0.25) is 0 Å². The van der Waals surface area contributed by atoms with E-state index in [1.807, 2.05) is 4.90 Å². The maximum atomic E-state index is 12.4. The van der Waals surface area contributed by atoms with Crippen LogP contribution in [0.3, 0.4) is 0 Å². The largest absolute Gasteiger partial charge is 0.478 e. The molecule has 1 aliphatic rings. The van der Waals surface area contributed by atoms with Crippen molar-refractivity contribution < 1.29 is 14.7 Å². The van der Waals surface area contributed by atoms with E-state index < -0.39 is 5.97 Å². The zero-order chi connectivity index (χ0) is 14.5. The standard InChI is InChI=1S/C16H19NO3/c1-12-4-3-9-17(11-12)16(20)14-6-2-5-13(10-14)7-8-15(18)19/h2,5-8,10,12H,3-4,9,11H2,1H3,(H,18,19). The molecule has 0 saturated carbocycles. The minimum atomic E-state index is -0.994. The van der Waals surface area contributed by atoms with Crippen molar-refractivity contribution in [2.75, 3.05) is 13.1 Å². The normalized spacial score (nSPS) is 19.2. The summed E-state index contributed by atoms with van der Waals surface area (Å²) in [7, 11) is 0. The zero-order valence-electron chi connectivity index (χ0n) is 11.6. The number of amides is 1. The van der Waals surface area contributed by atoms with Gasteiger partial charge < -0.3 is 10.0 Å². The van der Waals surface area contributed by atoms with Gasteiger partial charge in [0, 0.05) is 24.7 Å². The Kier molecular flexibility index (Phi) is 4.56. The fraction of sp³-hybridized carbons (Fsp3) is 0.375. The first-order valence-corrected chi connectivity index (χ1v) is 6.86. The highest BCUT2D eigenvalue weighted by atomic mass is 16.4. The number of aliphatic carboxylic acids is 1. The Labute approximate surface area is 118 Å². The number of hydrogen-bond acceptors (Lipinski definition) is 2. The third-order valence-electron chi connectivity index (χ3n) is 3.50. The molecule has 2 rings (SSSR count). The topological polar surface area (TPSA) is 57.6 Å². The second-order valence-corrected chi connectivity index (χ2v) is 5.30. The smallest absolute Gasteiger partial charge is 0.328 e. The Bertz CT molecular complexity index is 536. The van der Waals surface area contributed by atoms with Crippen molar-refractivity contribution in [1.29, 1.82) is 0 Å².